The summed E-state index contributed by atoms with van der Waals surface area (Å²) in [6.45, 7) is 2.41. The smallest absolute Gasteiger partial charge is 0.344 e. The number of aryl methyl sites for hydroxylation is 1. The first-order chi connectivity index (χ1) is 12.3. The van der Waals surface area contributed by atoms with Crippen LogP contribution < -0.4 is 15.4 Å². The van der Waals surface area contributed by atoms with Gasteiger partial charge in [0.1, 0.15) is 17.4 Å². The van der Waals surface area contributed by atoms with Crippen molar-refractivity contribution < 1.29 is 32.6 Å². The van der Waals surface area contributed by atoms with Crippen LogP contribution in [0.3, 0.4) is 0 Å². The molecule has 140 valence electrons. The molecule has 3 N–H and O–H groups in total. The highest BCUT2D eigenvalue weighted by atomic mass is 32.1. The molecular formula is C15H14F3N3O4S. The standard InChI is InChI=1S/C15H14F3N3O4S/c1-3-19-15(24)20-13-9(14(22)23)12(21-26-13)25-5-7-8(16)4-6(2)10(17)11(7)18/h4H,3,5H2,1-2H3,(H,22,23)(H2,19,20,24). The number of anilines is 1. The van der Waals surface area contributed by atoms with Crippen molar-refractivity contribution in [1.82, 2.24) is 9.69 Å². The van der Waals surface area contributed by atoms with Gasteiger partial charge in [-0.25, -0.2) is 22.8 Å². The van der Waals surface area contributed by atoms with Gasteiger partial charge in [0, 0.05) is 6.54 Å². The quantitative estimate of drug-likeness (QED) is 0.659. The number of aromatic nitrogens is 1. The summed E-state index contributed by atoms with van der Waals surface area (Å²) in [5.41, 5.74) is -1.39. The number of hydrogen-bond acceptors (Lipinski definition) is 5. The molecular weight excluding hydrogens is 375 g/mol. The predicted octanol–water partition coefficient (Wildman–Crippen LogP) is 3.29. The van der Waals surface area contributed by atoms with Crippen molar-refractivity contribution in [2.75, 3.05) is 11.9 Å². The molecule has 1 aromatic carbocycles. The molecule has 2 rings (SSSR count). The fraction of sp³-hybridized carbons (Fsp3) is 0.267. The Morgan fingerprint density at radius 3 is 2.62 bits per heavy atom. The highest BCUT2D eigenvalue weighted by Crippen LogP contribution is 2.31. The highest BCUT2D eigenvalue weighted by Gasteiger charge is 2.25. The summed E-state index contributed by atoms with van der Waals surface area (Å²) >= 11 is 0.618. The summed E-state index contributed by atoms with van der Waals surface area (Å²) in [4.78, 5) is 22.9. The van der Waals surface area contributed by atoms with Gasteiger partial charge in [0.05, 0.1) is 5.56 Å². The van der Waals surface area contributed by atoms with Crippen molar-refractivity contribution in [2.45, 2.75) is 20.5 Å². The lowest BCUT2D eigenvalue weighted by atomic mass is 10.1. The number of nitrogens with zero attached hydrogens (tertiary/aromatic N) is 1. The Morgan fingerprint density at radius 2 is 2.00 bits per heavy atom. The molecule has 0 atom stereocenters. The van der Waals surface area contributed by atoms with Gasteiger partial charge in [-0.2, -0.15) is 4.37 Å². The van der Waals surface area contributed by atoms with Gasteiger partial charge in [0.15, 0.2) is 17.2 Å². The van der Waals surface area contributed by atoms with Crippen LogP contribution in [0, 0.1) is 24.4 Å². The molecule has 26 heavy (non-hydrogen) atoms. The predicted molar refractivity (Wildman–Crippen MR) is 87.2 cm³/mol. The molecule has 7 nitrogen and oxygen atoms in total. The number of amides is 2. The zero-order valence-corrected chi connectivity index (χ0v) is 14.5. The zero-order valence-electron chi connectivity index (χ0n) is 13.7. The van der Waals surface area contributed by atoms with Crippen LogP contribution in [0.4, 0.5) is 23.0 Å². The molecule has 0 bridgehead atoms. The lowest BCUT2D eigenvalue weighted by Crippen LogP contribution is -2.28. The molecule has 0 saturated heterocycles. The number of halogens is 3. The molecule has 1 heterocycles. The number of aromatic carboxylic acids is 1. The fourth-order valence-electron chi connectivity index (χ4n) is 1.98. The van der Waals surface area contributed by atoms with E-state index in [0.717, 1.165) is 6.07 Å². The average molecular weight is 389 g/mol. The molecule has 2 aromatic rings. The van der Waals surface area contributed by atoms with E-state index >= 15 is 0 Å². The van der Waals surface area contributed by atoms with Crippen molar-refractivity contribution in [3.8, 4) is 5.88 Å². The van der Waals surface area contributed by atoms with Crippen LogP contribution in [-0.4, -0.2) is 28.0 Å². The third-order valence-corrected chi connectivity index (χ3v) is 3.97. The summed E-state index contributed by atoms with van der Waals surface area (Å²) in [5, 5.41) is 13.9. The van der Waals surface area contributed by atoms with Gasteiger partial charge in [-0.05, 0) is 37.0 Å². The maximum absolute atomic E-state index is 13.9. The molecule has 0 aliphatic heterocycles. The number of nitrogens with one attached hydrogen (secondary N) is 2. The van der Waals surface area contributed by atoms with Gasteiger partial charge < -0.3 is 15.2 Å². The minimum atomic E-state index is -1.46. The Labute approximate surface area is 150 Å². The number of carbonyl (C=O) groups is 2. The first kappa shape index (κ1) is 19.5. The summed E-state index contributed by atoms with van der Waals surface area (Å²) in [6.07, 6.45) is 0. The van der Waals surface area contributed by atoms with Gasteiger partial charge in [-0.3, -0.25) is 5.32 Å². The second-order valence-corrected chi connectivity index (χ2v) is 5.83. The second-order valence-electron chi connectivity index (χ2n) is 5.05. The number of hydrogen-bond donors (Lipinski definition) is 3. The maximum atomic E-state index is 13.9. The Morgan fingerprint density at radius 1 is 1.31 bits per heavy atom. The van der Waals surface area contributed by atoms with Crippen molar-refractivity contribution in [3.05, 3.63) is 40.2 Å². The van der Waals surface area contributed by atoms with Crippen LogP contribution in [0.1, 0.15) is 28.4 Å². The number of carboxylic acid groups (broad SMARTS) is 1. The largest absolute Gasteiger partial charge is 0.477 e. The highest BCUT2D eigenvalue weighted by molar-refractivity contribution is 7.11. The molecule has 2 amide bonds. The van der Waals surface area contributed by atoms with Gasteiger partial charge in [-0.15, -0.1) is 0 Å². The molecule has 11 heteroatoms. The van der Waals surface area contributed by atoms with E-state index in [1.165, 1.54) is 6.92 Å². The van der Waals surface area contributed by atoms with E-state index in [1.807, 2.05) is 0 Å². The molecule has 0 unspecified atom stereocenters. The zero-order chi connectivity index (χ0) is 19.4. The lowest BCUT2D eigenvalue weighted by molar-refractivity contribution is 0.0693. The lowest BCUT2D eigenvalue weighted by Gasteiger charge is -2.09. The van der Waals surface area contributed by atoms with Crippen LogP contribution in [-0.2, 0) is 6.61 Å². The molecule has 0 aliphatic rings. The summed E-state index contributed by atoms with van der Waals surface area (Å²) < 4.78 is 50.0. The van der Waals surface area contributed by atoms with E-state index < -0.39 is 53.1 Å². The van der Waals surface area contributed by atoms with E-state index in [9.17, 15) is 27.9 Å². The van der Waals surface area contributed by atoms with Gasteiger partial charge in [-0.1, -0.05) is 0 Å². The topological polar surface area (TPSA) is 101 Å². The van der Waals surface area contributed by atoms with Gasteiger partial charge in [0.2, 0.25) is 5.88 Å². The Balaban J connectivity index is 2.26. The first-order valence-electron chi connectivity index (χ1n) is 7.29. The number of urea groups is 1. The Hall–Kier alpha value is -2.82. The average Bonchev–Trinajstić information content (AvgIpc) is 2.95. The van der Waals surface area contributed by atoms with E-state index in [0.29, 0.717) is 18.1 Å². The number of carboxylic acids is 1. The fourth-order valence-corrected chi connectivity index (χ4v) is 2.70. The van der Waals surface area contributed by atoms with Crippen LogP contribution in [0.2, 0.25) is 0 Å². The molecule has 0 saturated carbocycles. The summed E-state index contributed by atoms with van der Waals surface area (Å²) in [7, 11) is 0. The number of rotatable bonds is 6. The van der Waals surface area contributed by atoms with E-state index in [1.54, 1.807) is 6.92 Å². The third kappa shape index (κ3) is 4.04. The van der Waals surface area contributed by atoms with E-state index in [2.05, 4.69) is 15.0 Å². The molecule has 0 spiro atoms. The van der Waals surface area contributed by atoms with Gasteiger partial charge >= 0.3 is 12.0 Å². The van der Waals surface area contributed by atoms with Crippen molar-refractivity contribution >= 4 is 28.5 Å². The van der Waals surface area contributed by atoms with Crippen LogP contribution >= 0.6 is 11.5 Å². The first-order valence-corrected chi connectivity index (χ1v) is 8.07. The van der Waals surface area contributed by atoms with Crippen LogP contribution in [0.15, 0.2) is 6.07 Å². The summed E-state index contributed by atoms with van der Waals surface area (Å²) in [6, 6.07) is 0.154. The molecule has 0 fully saturated rings. The summed E-state index contributed by atoms with van der Waals surface area (Å²) in [5.74, 6) is -5.59. The van der Waals surface area contributed by atoms with Crippen molar-refractivity contribution in [3.63, 3.8) is 0 Å². The number of ether oxygens (including phenoxy) is 1. The van der Waals surface area contributed by atoms with Crippen molar-refractivity contribution in [1.29, 1.82) is 0 Å². The number of benzene rings is 1. The molecule has 0 aliphatic carbocycles. The molecule has 0 radical (unpaired) electrons. The minimum absolute atomic E-state index is 0.116. The monoisotopic (exact) mass is 389 g/mol. The Bertz CT molecular complexity index is 857. The minimum Gasteiger partial charge on any atom is -0.477 e. The maximum Gasteiger partial charge on any atom is 0.344 e. The third-order valence-electron chi connectivity index (χ3n) is 3.23. The number of carbonyl (C=O) groups excluding carboxylic acids is 1. The van der Waals surface area contributed by atoms with Crippen molar-refractivity contribution in [2.24, 2.45) is 0 Å². The van der Waals surface area contributed by atoms with E-state index in [-0.39, 0.29) is 10.6 Å². The second kappa shape index (κ2) is 8.04. The van der Waals surface area contributed by atoms with Crippen LogP contribution in [0.25, 0.3) is 0 Å². The van der Waals surface area contributed by atoms with E-state index in [4.69, 9.17) is 4.74 Å². The van der Waals surface area contributed by atoms with Crippen LogP contribution in [0.5, 0.6) is 5.88 Å². The van der Waals surface area contributed by atoms with Gasteiger partial charge in [0.25, 0.3) is 0 Å². The SMILES string of the molecule is CCNC(=O)Nc1snc(OCc2c(F)cc(C)c(F)c2F)c1C(=O)O. The molecule has 1 aromatic heterocycles. The normalized spacial score (nSPS) is 10.5. The Kier molecular flexibility index (Phi) is 6.03.